The monoisotopic (exact) mass is 891 g/mol. The molecule has 1 aliphatic carbocycles. The number of rotatable bonds is 6. The van der Waals surface area contributed by atoms with Crippen molar-refractivity contribution in [2.45, 2.75) is 130 Å². The van der Waals surface area contributed by atoms with Crippen molar-refractivity contribution in [2.75, 3.05) is 9.80 Å². The molecule has 8 aromatic rings. The molecule has 3 aliphatic rings. The van der Waals surface area contributed by atoms with Crippen molar-refractivity contribution in [3.8, 4) is 22.3 Å². The Morgan fingerprint density at radius 2 is 1.15 bits per heavy atom. The number of fused-ring (bicyclic) bond motifs is 6. The van der Waals surface area contributed by atoms with Crippen molar-refractivity contribution in [3.63, 3.8) is 0 Å². The Labute approximate surface area is 406 Å². The zero-order valence-corrected chi connectivity index (χ0v) is 42.2. The first-order valence-electron chi connectivity index (χ1n) is 25.3. The average Bonchev–Trinajstić information content (AvgIpc) is 4.00. The predicted octanol–water partition coefficient (Wildman–Crippen LogP) is 16.5. The topological polar surface area (TPSA) is 19.6 Å². The van der Waals surface area contributed by atoms with E-state index in [1.54, 1.807) is 0 Å². The van der Waals surface area contributed by atoms with E-state index < -0.39 is 0 Å². The molecule has 68 heavy (non-hydrogen) atoms. The summed E-state index contributed by atoms with van der Waals surface area (Å²) in [4.78, 5) is 5.21. The van der Waals surface area contributed by atoms with Gasteiger partial charge in [0.25, 0.3) is 6.71 Å². The van der Waals surface area contributed by atoms with E-state index in [0.29, 0.717) is 11.8 Å². The highest BCUT2D eigenvalue weighted by atomic mass is 16.3. The molecular weight excluding hydrogens is 824 g/mol. The Balaban J connectivity index is 1.22. The number of nitrogens with zero attached hydrogens (tertiary/aromatic N) is 2. The third-order valence-electron chi connectivity index (χ3n) is 15.5. The molecule has 1 saturated carbocycles. The third-order valence-corrected chi connectivity index (χ3v) is 15.5. The highest BCUT2D eigenvalue weighted by Gasteiger charge is 2.48. The molecule has 0 amide bonds. The van der Waals surface area contributed by atoms with Crippen LogP contribution in [0.1, 0.15) is 141 Å². The van der Waals surface area contributed by atoms with E-state index in [0.717, 1.165) is 28.0 Å². The molecule has 1 aromatic heterocycles. The molecule has 1 fully saturated rings. The minimum Gasteiger partial charge on any atom is -0.468 e. The van der Waals surface area contributed by atoms with Gasteiger partial charge in [0.15, 0.2) is 0 Å². The largest absolute Gasteiger partial charge is 0.468 e. The van der Waals surface area contributed by atoms with Crippen LogP contribution < -0.4 is 26.4 Å². The minimum absolute atomic E-state index is 0.0575. The van der Waals surface area contributed by atoms with Crippen molar-refractivity contribution in [3.05, 3.63) is 173 Å². The van der Waals surface area contributed by atoms with Gasteiger partial charge in [-0.2, -0.15) is 0 Å². The van der Waals surface area contributed by atoms with Gasteiger partial charge in [0.1, 0.15) is 5.58 Å². The van der Waals surface area contributed by atoms with Gasteiger partial charge in [-0.3, -0.25) is 0 Å². The van der Waals surface area contributed by atoms with Crippen LogP contribution in [-0.4, -0.2) is 6.71 Å². The molecule has 4 heteroatoms. The number of hydrogen-bond donors (Lipinski definition) is 0. The molecule has 2 aliphatic heterocycles. The molecule has 0 unspecified atom stereocenters. The standard InChI is InChI=1S/C64H67BN2O/c1-40(2)45-25-33-52-58(36-45)68-61-60(52)67(55-35-46(41-17-15-16-18-41)26-32-51(55)44-19-13-12-14-20-44)57-39-49(64(9,10)11)38-56-59(57)65(61)53-37-48(63(6,7)8)29-34-54(53)66(56)50-30-23-43(24-31-50)42-21-27-47(28-22-42)62(3,4)5/h12-14,19-41H,15-18H2,1-11H3. The lowest BCUT2D eigenvalue weighted by Gasteiger charge is -2.44. The van der Waals surface area contributed by atoms with Crippen molar-refractivity contribution in [2.24, 2.45) is 0 Å². The van der Waals surface area contributed by atoms with Crippen LogP contribution in [0.4, 0.5) is 34.1 Å². The summed E-state index contributed by atoms with van der Waals surface area (Å²) in [5, 5.41) is 1.16. The molecule has 0 radical (unpaired) electrons. The minimum atomic E-state index is -0.142. The summed E-state index contributed by atoms with van der Waals surface area (Å²) in [6.07, 6.45) is 5.06. The van der Waals surface area contributed by atoms with E-state index >= 15 is 0 Å². The Bertz CT molecular complexity index is 3200. The van der Waals surface area contributed by atoms with E-state index in [2.05, 4.69) is 232 Å². The van der Waals surface area contributed by atoms with Crippen LogP contribution in [0.15, 0.2) is 150 Å². The van der Waals surface area contributed by atoms with Gasteiger partial charge in [-0.25, -0.2) is 0 Å². The summed E-state index contributed by atoms with van der Waals surface area (Å²) in [6, 6.07) is 56.2. The Morgan fingerprint density at radius 1 is 0.529 bits per heavy atom. The van der Waals surface area contributed by atoms with Gasteiger partial charge in [-0.15, -0.1) is 0 Å². The molecule has 0 saturated heterocycles. The maximum Gasteiger partial charge on any atom is 0.297 e. The Kier molecular flexibility index (Phi) is 10.5. The lowest BCUT2D eigenvalue weighted by molar-refractivity contribution is 0.590. The highest BCUT2D eigenvalue weighted by molar-refractivity contribution is 7.00. The zero-order chi connectivity index (χ0) is 47.4. The molecule has 0 atom stereocenters. The molecule has 0 bridgehead atoms. The number of furan rings is 1. The first-order valence-corrected chi connectivity index (χ1v) is 25.3. The normalized spacial score (nSPS) is 15.0. The van der Waals surface area contributed by atoms with Gasteiger partial charge in [-0.1, -0.05) is 186 Å². The fourth-order valence-corrected chi connectivity index (χ4v) is 11.4. The predicted molar refractivity (Wildman–Crippen MR) is 293 cm³/mol. The fourth-order valence-electron chi connectivity index (χ4n) is 11.4. The SMILES string of the molecule is CC(C)c1ccc2c3c(oc2c1)B1c2cc(C(C)(C)C)ccc2N(c2ccc(-c4ccc(C(C)(C)C)cc4)cc2)c2cc(C(C)(C)C)cc(c21)N3c1cc(C2CCCC2)ccc1-c1ccccc1. The van der Waals surface area contributed by atoms with Crippen LogP contribution in [-0.2, 0) is 16.2 Å². The van der Waals surface area contributed by atoms with Crippen molar-refractivity contribution < 1.29 is 4.42 Å². The zero-order valence-electron chi connectivity index (χ0n) is 42.2. The quantitative estimate of drug-likeness (QED) is 0.155. The summed E-state index contributed by atoms with van der Waals surface area (Å²) in [5.41, 5.74) is 23.2. The maximum atomic E-state index is 7.51. The first-order chi connectivity index (χ1) is 32.4. The highest BCUT2D eigenvalue weighted by Crippen LogP contribution is 2.51. The van der Waals surface area contributed by atoms with Crippen molar-refractivity contribution in [1.29, 1.82) is 0 Å². The van der Waals surface area contributed by atoms with E-state index in [9.17, 15) is 0 Å². The Morgan fingerprint density at radius 3 is 1.78 bits per heavy atom. The molecule has 0 N–H and O–H groups in total. The number of hydrogen-bond acceptors (Lipinski definition) is 3. The first kappa shape index (κ1) is 44.3. The van der Waals surface area contributed by atoms with E-state index in [4.69, 9.17) is 4.42 Å². The maximum absolute atomic E-state index is 7.51. The lowest BCUT2D eigenvalue weighted by atomic mass is 9.35. The van der Waals surface area contributed by atoms with Gasteiger partial charge < -0.3 is 14.2 Å². The second kappa shape index (κ2) is 16.2. The van der Waals surface area contributed by atoms with E-state index in [1.165, 1.54) is 109 Å². The van der Waals surface area contributed by atoms with Crippen LogP contribution >= 0.6 is 0 Å². The molecule has 342 valence electrons. The summed E-state index contributed by atoms with van der Waals surface area (Å²) in [6.45, 7) is 25.4. The van der Waals surface area contributed by atoms with Gasteiger partial charge in [0, 0.05) is 33.7 Å². The van der Waals surface area contributed by atoms with Crippen LogP contribution in [0.2, 0.25) is 0 Å². The van der Waals surface area contributed by atoms with Crippen molar-refractivity contribution >= 4 is 68.4 Å². The summed E-state index contributed by atoms with van der Waals surface area (Å²) in [5.74, 6) is 0.925. The van der Waals surface area contributed by atoms with Crippen LogP contribution in [0.3, 0.4) is 0 Å². The second-order valence-electron chi connectivity index (χ2n) is 23.5. The van der Waals surface area contributed by atoms with Crippen molar-refractivity contribution in [1.82, 2.24) is 0 Å². The van der Waals surface area contributed by atoms with Crippen LogP contribution in [0.5, 0.6) is 0 Å². The Hall–Kier alpha value is -6.26. The summed E-state index contributed by atoms with van der Waals surface area (Å²) in [7, 11) is 0. The van der Waals surface area contributed by atoms with Gasteiger partial charge in [0.2, 0.25) is 0 Å². The molecule has 3 heterocycles. The average molecular weight is 891 g/mol. The summed E-state index contributed by atoms with van der Waals surface area (Å²) < 4.78 is 7.51. The molecule has 11 rings (SSSR count). The third kappa shape index (κ3) is 7.51. The van der Waals surface area contributed by atoms with E-state index in [1.807, 2.05) is 0 Å². The molecule has 7 aromatic carbocycles. The van der Waals surface area contributed by atoms with Gasteiger partial charge >= 0.3 is 0 Å². The number of anilines is 6. The van der Waals surface area contributed by atoms with Gasteiger partial charge in [0.05, 0.1) is 17.0 Å². The number of benzene rings is 7. The summed E-state index contributed by atoms with van der Waals surface area (Å²) >= 11 is 0. The molecular formula is C64H67BN2O. The molecule has 3 nitrogen and oxygen atoms in total. The lowest BCUT2D eigenvalue weighted by Crippen LogP contribution is -2.61. The van der Waals surface area contributed by atoms with Crippen LogP contribution in [0, 0.1) is 0 Å². The second-order valence-corrected chi connectivity index (χ2v) is 23.5. The van der Waals surface area contributed by atoms with Gasteiger partial charge in [-0.05, 0) is 145 Å². The fraction of sp³-hybridized carbons (Fsp3) is 0.312. The van der Waals surface area contributed by atoms with E-state index in [-0.39, 0.29) is 23.0 Å². The molecule has 0 spiro atoms. The van der Waals surface area contributed by atoms with Crippen LogP contribution in [0.25, 0.3) is 33.2 Å². The smallest absolute Gasteiger partial charge is 0.297 e.